The number of benzene rings is 1. The Balaban J connectivity index is 1.79. The number of hydrogen-bond donors (Lipinski definition) is 2. The van der Waals surface area contributed by atoms with Gasteiger partial charge in [-0.25, -0.2) is 4.98 Å². The summed E-state index contributed by atoms with van der Waals surface area (Å²) in [4.78, 5) is 4.36. The lowest BCUT2D eigenvalue weighted by molar-refractivity contribution is 0.251. The van der Waals surface area contributed by atoms with E-state index in [4.69, 9.17) is 0 Å². The lowest BCUT2D eigenvalue weighted by Gasteiger charge is -2.18. The van der Waals surface area contributed by atoms with E-state index in [1.165, 1.54) is 5.06 Å². The van der Waals surface area contributed by atoms with Gasteiger partial charge in [0, 0.05) is 29.6 Å². The largest absolute Gasteiger partial charge is 0.338 e. The molecule has 0 spiro atoms. The van der Waals surface area contributed by atoms with Crippen LogP contribution < -0.4 is 10.4 Å². The fourth-order valence-corrected chi connectivity index (χ4v) is 3.02. The van der Waals surface area contributed by atoms with Crippen molar-refractivity contribution in [1.29, 1.82) is 0 Å². The average Bonchev–Trinajstić information content (AvgIpc) is 3.01. The zero-order chi connectivity index (χ0) is 16.7. The predicted molar refractivity (Wildman–Crippen MR) is 93.5 cm³/mol. The maximum absolute atomic E-state index is 10.5. The van der Waals surface area contributed by atoms with Crippen molar-refractivity contribution < 1.29 is 5.21 Å². The van der Waals surface area contributed by atoms with Crippen LogP contribution in [0.2, 0.25) is 0 Å². The molecule has 1 aromatic carbocycles. The Labute approximate surface area is 140 Å². The maximum atomic E-state index is 10.5. The number of hydroxylamine groups is 1. The highest BCUT2D eigenvalue weighted by Gasteiger charge is 2.20. The second-order valence-electron chi connectivity index (χ2n) is 6.18. The number of nitrogens with zero attached hydrogens (tertiary/aromatic N) is 4. The molecule has 0 amide bonds. The maximum Gasteiger partial charge on any atom is 0.135 e. The summed E-state index contributed by atoms with van der Waals surface area (Å²) in [5, 5.41) is 19.5. The highest BCUT2D eigenvalue weighted by atomic mass is 16.5. The predicted octanol–water partition coefficient (Wildman–Crippen LogP) is 3.98. The third-order valence-electron chi connectivity index (χ3n) is 4.20. The molecule has 0 bridgehead atoms. The molecule has 0 saturated heterocycles. The lowest BCUT2D eigenvalue weighted by Crippen LogP contribution is -2.16. The van der Waals surface area contributed by atoms with Crippen molar-refractivity contribution in [3.63, 3.8) is 0 Å². The van der Waals surface area contributed by atoms with Crippen molar-refractivity contribution in [3.05, 3.63) is 54.4 Å². The monoisotopic (exact) mass is 321 g/mol. The normalized spacial score (nSPS) is 13.2. The van der Waals surface area contributed by atoms with Gasteiger partial charge in [-0.1, -0.05) is 12.1 Å². The third kappa shape index (κ3) is 2.41. The van der Waals surface area contributed by atoms with Gasteiger partial charge in [0.25, 0.3) is 0 Å². The first-order valence-electron chi connectivity index (χ1n) is 7.99. The van der Waals surface area contributed by atoms with Crippen molar-refractivity contribution >= 4 is 17.2 Å². The molecular formula is C18H19N5O. The molecule has 0 aliphatic carbocycles. The first kappa shape index (κ1) is 14.7. The quantitative estimate of drug-likeness (QED) is 0.747. The summed E-state index contributed by atoms with van der Waals surface area (Å²) in [6, 6.07) is 12.1. The molecule has 0 unspecified atom stereocenters. The van der Waals surface area contributed by atoms with Crippen molar-refractivity contribution in [1.82, 2.24) is 14.8 Å². The summed E-state index contributed by atoms with van der Waals surface area (Å²) < 4.78 is 1.98. The van der Waals surface area contributed by atoms with E-state index in [1.54, 1.807) is 12.4 Å². The van der Waals surface area contributed by atoms with Crippen LogP contribution in [0.1, 0.15) is 25.5 Å². The van der Waals surface area contributed by atoms with Gasteiger partial charge < -0.3 is 5.32 Å². The summed E-state index contributed by atoms with van der Waals surface area (Å²) in [5.74, 6) is 0.773. The minimum Gasteiger partial charge on any atom is -0.338 e. The summed E-state index contributed by atoms with van der Waals surface area (Å²) in [7, 11) is 0. The fourth-order valence-electron chi connectivity index (χ4n) is 3.02. The van der Waals surface area contributed by atoms with Gasteiger partial charge in [-0.2, -0.15) is 5.10 Å². The smallest absolute Gasteiger partial charge is 0.135 e. The van der Waals surface area contributed by atoms with Crippen LogP contribution in [-0.2, 0) is 6.54 Å². The summed E-state index contributed by atoms with van der Waals surface area (Å²) in [6.45, 7) is 4.58. The molecule has 2 N–H and O–H groups in total. The molecule has 3 aromatic rings. The van der Waals surface area contributed by atoms with E-state index in [0.29, 0.717) is 6.54 Å². The summed E-state index contributed by atoms with van der Waals surface area (Å²) >= 11 is 0. The molecule has 4 rings (SSSR count). The number of pyridine rings is 1. The lowest BCUT2D eigenvalue weighted by atomic mass is 10.1. The Bertz CT molecular complexity index is 887. The van der Waals surface area contributed by atoms with Gasteiger partial charge in [0.05, 0.1) is 23.6 Å². The van der Waals surface area contributed by atoms with Crippen molar-refractivity contribution in [3.8, 4) is 11.3 Å². The van der Waals surface area contributed by atoms with E-state index >= 15 is 0 Å². The van der Waals surface area contributed by atoms with Gasteiger partial charge in [0.1, 0.15) is 5.82 Å². The molecular weight excluding hydrogens is 302 g/mol. The Morgan fingerprint density at radius 1 is 1.17 bits per heavy atom. The van der Waals surface area contributed by atoms with Crippen LogP contribution in [0, 0.1) is 0 Å². The Morgan fingerprint density at radius 2 is 2.04 bits per heavy atom. The van der Waals surface area contributed by atoms with Crippen molar-refractivity contribution in [2.75, 3.05) is 10.4 Å². The van der Waals surface area contributed by atoms with Crippen LogP contribution in [0.15, 0.2) is 48.8 Å². The number of aromatic nitrogens is 3. The Morgan fingerprint density at radius 3 is 2.88 bits per heavy atom. The summed E-state index contributed by atoms with van der Waals surface area (Å²) in [6.07, 6.45) is 3.55. The molecule has 0 atom stereocenters. The second kappa shape index (κ2) is 5.65. The van der Waals surface area contributed by atoms with E-state index in [1.807, 2.05) is 41.1 Å². The van der Waals surface area contributed by atoms with Crippen LogP contribution >= 0.6 is 0 Å². The van der Waals surface area contributed by atoms with Gasteiger partial charge in [0.15, 0.2) is 0 Å². The number of hydrogen-bond acceptors (Lipinski definition) is 5. The molecule has 122 valence electrons. The number of fused-ring (bicyclic) bond motifs is 2. The number of nitrogens with one attached hydrogen (secondary N) is 1. The zero-order valence-electron chi connectivity index (χ0n) is 13.6. The van der Waals surface area contributed by atoms with Gasteiger partial charge in [-0.15, -0.1) is 0 Å². The molecule has 0 radical (unpaired) electrons. The Hall–Kier alpha value is -2.86. The van der Waals surface area contributed by atoms with Gasteiger partial charge in [-0.05, 0) is 38.1 Å². The van der Waals surface area contributed by atoms with Crippen LogP contribution in [0.4, 0.5) is 17.2 Å². The van der Waals surface area contributed by atoms with E-state index in [2.05, 4.69) is 29.2 Å². The summed E-state index contributed by atoms with van der Waals surface area (Å²) in [5.41, 5.74) is 4.54. The van der Waals surface area contributed by atoms with Crippen LogP contribution in [0.3, 0.4) is 0 Å². The fraction of sp³-hybridized carbons (Fsp3) is 0.222. The third-order valence-corrected chi connectivity index (χ3v) is 4.20. The van der Waals surface area contributed by atoms with E-state index in [0.717, 1.165) is 34.0 Å². The molecule has 3 heterocycles. The number of rotatable bonds is 2. The first-order chi connectivity index (χ1) is 11.6. The Kier molecular flexibility index (Phi) is 3.46. The molecule has 1 aliphatic rings. The van der Waals surface area contributed by atoms with E-state index in [-0.39, 0.29) is 6.04 Å². The topological polar surface area (TPSA) is 66.2 Å². The van der Waals surface area contributed by atoms with Gasteiger partial charge in [0.2, 0.25) is 0 Å². The molecule has 2 aromatic heterocycles. The SMILES string of the molecule is CC(C)n1nccc1-c1ccc2c(c1)N(O)Cc1cccnc1N2. The van der Waals surface area contributed by atoms with E-state index < -0.39 is 0 Å². The van der Waals surface area contributed by atoms with Gasteiger partial charge >= 0.3 is 0 Å². The van der Waals surface area contributed by atoms with Crippen molar-refractivity contribution in [2.24, 2.45) is 0 Å². The average molecular weight is 321 g/mol. The van der Waals surface area contributed by atoms with Crippen LogP contribution in [0.25, 0.3) is 11.3 Å². The highest BCUT2D eigenvalue weighted by Crippen LogP contribution is 2.37. The molecule has 24 heavy (non-hydrogen) atoms. The zero-order valence-corrected chi connectivity index (χ0v) is 13.6. The second-order valence-corrected chi connectivity index (χ2v) is 6.18. The minimum atomic E-state index is 0.269. The first-order valence-corrected chi connectivity index (χ1v) is 7.99. The van der Waals surface area contributed by atoms with Crippen LogP contribution in [0.5, 0.6) is 0 Å². The molecule has 0 fully saturated rings. The van der Waals surface area contributed by atoms with E-state index in [9.17, 15) is 5.21 Å². The number of anilines is 3. The minimum absolute atomic E-state index is 0.269. The molecule has 0 saturated carbocycles. The molecule has 6 nitrogen and oxygen atoms in total. The van der Waals surface area contributed by atoms with Crippen LogP contribution in [-0.4, -0.2) is 20.0 Å². The standard InChI is InChI=1S/C18H19N5O/c1-12(2)23-16(7-9-20-23)13-5-6-15-17(10-13)22(24)11-14-4-3-8-19-18(14)21-15/h3-10,12,24H,11H2,1-2H3,(H,19,21). The highest BCUT2D eigenvalue weighted by molar-refractivity contribution is 5.81. The van der Waals surface area contributed by atoms with Crippen molar-refractivity contribution in [2.45, 2.75) is 26.4 Å². The van der Waals surface area contributed by atoms with Gasteiger partial charge in [-0.3, -0.25) is 15.0 Å². The molecule has 1 aliphatic heterocycles. The molecule has 6 heteroatoms.